The van der Waals surface area contributed by atoms with E-state index in [4.69, 9.17) is 23.2 Å². The van der Waals surface area contributed by atoms with Gasteiger partial charge in [0.1, 0.15) is 6.29 Å². The summed E-state index contributed by atoms with van der Waals surface area (Å²) in [6.45, 7) is 0. The summed E-state index contributed by atoms with van der Waals surface area (Å²) in [7, 11) is 0. The lowest BCUT2D eigenvalue weighted by Crippen LogP contribution is -1.81. The molecule has 2 rings (SSSR count). The summed E-state index contributed by atoms with van der Waals surface area (Å²) in [6, 6.07) is 3.49. The van der Waals surface area contributed by atoms with Gasteiger partial charge in [-0.3, -0.25) is 4.79 Å². The summed E-state index contributed by atoms with van der Waals surface area (Å²) in [5, 5.41) is 3.54. The van der Waals surface area contributed by atoms with Gasteiger partial charge in [-0.1, -0.05) is 11.6 Å². The van der Waals surface area contributed by atoms with Gasteiger partial charge in [0.2, 0.25) is 0 Å². The maximum atomic E-state index is 10.6. The second kappa shape index (κ2) is 3.89. The highest BCUT2D eigenvalue weighted by Crippen LogP contribution is 2.33. The van der Waals surface area contributed by atoms with Crippen LogP contribution in [0.15, 0.2) is 17.5 Å². The molecule has 0 radical (unpaired) electrons. The van der Waals surface area contributed by atoms with Gasteiger partial charge in [-0.2, -0.15) is 0 Å². The Balaban J connectivity index is 2.78. The SMILES string of the molecule is O=Cc1cc(Cl)c2c(CCl)csc2c1. The van der Waals surface area contributed by atoms with Gasteiger partial charge >= 0.3 is 0 Å². The zero-order chi connectivity index (χ0) is 10.1. The second-order valence-electron chi connectivity index (χ2n) is 2.89. The van der Waals surface area contributed by atoms with Crippen LogP contribution in [0, 0.1) is 0 Å². The van der Waals surface area contributed by atoms with E-state index in [1.165, 1.54) is 0 Å². The quantitative estimate of drug-likeness (QED) is 0.574. The van der Waals surface area contributed by atoms with Crippen molar-refractivity contribution in [2.75, 3.05) is 0 Å². The Morgan fingerprint density at radius 3 is 2.86 bits per heavy atom. The molecule has 0 N–H and O–H groups in total. The number of aldehydes is 1. The van der Waals surface area contributed by atoms with E-state index in [1.807, 2.05) is 11.4 Å². The van der Waals surface area contributed by atoms with E-state index in [0.717, 1.165) is 21.9 Å². The number of halogens is 2. The maximum absolute atomic E-state index is 10.6. The van der Waals surface area contributed by atoms with Crippen molar-refractivity contribution in [1.82, 2.24) is 0 Å². The molecule has 0 saturated heterocycles. The van der Waals surface area contributed by atoms with Crippen LogP contribution >= 0.6 is 34.5 Å². The van der Waals surface area contributed by atoms with Crippen LogP contribution in [0.4, 0.5) is 0 Å². The van der Waals surface area contributed by atoms with Gasteiger partial charge in [-0.05, 0) is 23.1 Å². The molecule has 1 heterocycles. The van der Waals surface area contributed by atoms with E-state index in [1.54, 1.807) is 17.4 Å². The average molecular weight is 245 g/mol. The fourth-order valence-corrected chi connectivity index (χ4v) is 3.11. The van der Waals surface area contributed by atoms with Gasteiger partial charge in [0.25, 0.3) is 0 Å². The first-order valence-electron chi connectivity index (χ1n) is 3.97. The van der Waals surface area contributed by atoms with Crippen molar-refractivity contribution < 1.29 is 4.79 Å². The van der Waals surface area contributed by atoms with Gasteiger partial charge in [0, 0.05) is 21.5 Å². The molecular weight excluding hydrogens is 239 g/mol. The topological polar surface area (TPSA) is 17.1 Å². The van der Waals surface area contributed by atoms with Crippen LogP contribution in [0.25, 0.3) is 10.1 Å². The number of carbonyl (C=O) groups is 1. The number of carbonyl (C=O) groups excluding carboxylic acids is 1. The molecule has 0 fully saturated rings. The maximum Gasteiger partial charge on any atom is 0.150 e. The largest absolute Gasteiger partial charge is 0.298 e. The first-order chi connectivity index (χ1) is 6.76. The molecule has 0 aliphatic heterocycles. The van der Waals surface area contributed by atoms with Crippen molar-refractivity contribution in [3.05, 3.63) is 33.7 Å². The van der Waals surface area contributed by atoms with Gasteiger partial charge in [0.15, 0.2) is 0 Å². The lowest BCUT2D eigenvalue weighted by atomic mass is 10.1. The van der Waals surface area contributed by atoms with E-state index in [0.29, 0.717) is 16.5 Å². The number of alkyl halides is 1. The first kappa shape index (κ1) is 9.97. The Hall–Kier alpha value is -0.570. The molecule has 2 aromatic rings. The van der Waals surface area contributed by atoms with Crippen molar-refractivity contribution in [3.63, 3.8) is 0 Å². The summed E-state index contributed by atoms with van der Waals surface area (Å²) >= 11 is 13.4. The van der Waals surface area contributed by atoms with Crippen LogP contribution in [0.1, 0.15) is 15.9 Å². The predicted octanol–water partition coefficient (Wildman–Crippen LogP) is 4.11. The molecule has 1 nitrogen and oxygen atoms in total. The molecule has 0 saturated carbocycles. The Morgan fingerprint density at radius 1 is 1.43 bits per heavy atom. The summed E-state index contributed by atoms with van der Waals surface area (Å²) in [5.74, 6) is 0.445. The molecule has 0 aliphatic carbocycles. The molecule has 0 amide bonds. The normalized spacial score (nSPS) is 10.7. The third-order valence-electron chi connectivity index (χ3n) is 2.01. The number of thiophene rings is 1. The van der Waals surface area contributed by atoms with Crippen molar-refractivity contribution in [3.8, 4) is 0 Å². The minimum atomic E-state index is 0.445. The van der Waals surface area contributed by atoms with Crippen LogP contribution < -0.4 is 0 Å². The molecular formula is C10H6Cl2OS. The molecule has 72 valence electrons. The average Bonchev–Trinajstić information content (AvgIpc) is 2.61. The Bertz CT molecular complexity index is 490. The molecule has 1 aromatic carbocycles. The van der Waals surface area contributed by atoms with Crippen molar-refractivity contribution in [1.29, 1.82) is 0 Å². The molecule has 0 atom stereocenters. The zero-order valence-corrected chi connectivity index (χ0v) is 9.42. The summed E-state index contributed by atoms with van der Waals surface area (Å²) in [4.78, 5) is 10.6. The van der Waals surface area contributed by atoms with Crippen LogP contribution in [0.3, 0.4) is 0 Å². The summed E-state index contributed by atoms with van der Waals surface area (Å²) < 4.78 is 1.01. The van der Waals surface area contributed by atoms with E-state index in [9.17, 15) is 4.79 Å². The third kappa shape index (κ3) is 1.54. The van der Waals surface area contributed by atoms with Gasteiger partial charge in [-0.15, -0.1) is 22.9 Å². The van der Waals surface area contributed by atoms with Crippen LogP contribution in [-0.2, 0) is 5.88 Å². The van der Waals surface area contributed by atoms with E-state index < -0.39 is 0 Å². The molecule has 0 spiro atoms. The first-order valence-corrected chi connectivity index (χ1v) is 5.76. The Labute approximate surface area is 95.3 Å². The van der Waals surface area contributed by atoms with Crippen molar-refractivity contribution >= 4 is 50.9 Å². The zero-order valence-electron chi connectivity index (χ0n) is 7.09. The standard InChI is InChI=1S/C10H6Cl2OS/c11-3-7-5-14-9-2-6(4-13)1-8(12)10(7)9/h1-2,4-5H,3H2. The van der Waals surface area contributed by atoms with Crippen LogP contribution in [-0.4, -0.2) is 6.29 Å². The molecule has 14 heavy (non-hydrogen) atoms. The Morgan fingerprint density at radius 2 is 2.21 bits per heavy atom. The third-order valence-corrected chi connectivity index (χ3v) is 3.57. The fourth-order valence-electron chi connectivity index (χ4n) is 1.37. The number of benzene rings is 1. The van der Waals surface area contributed by atoms with E-state index >= 15 is 0 Å². The lowest BCUT2D eigenvalue weighted by molar-refractivity contribution is 0.112. The monoisotopic (exact) mass is 244 g/mol. The van der Waals surface area contributed by atoms with E-state index in [2.05, 4.69) is 0 Å². The lowest BCUT2D eigenvalue weighted by Gasteiger charge is -1.98. The summed E-state index contributed by atoms with van der Waals surface area (Å²) in [6.07, 6.45) is 0.797. The molecule has 0 unspecified atom stereocenters. The van der Waals surface area contributed by atoms with Crippen molar-refractivity contribution in [2.45, 2.75) is 5.88 Å². The summed E-state index contributed by atoms with van der Waals surface area (Å²) in [5.41, 5.74) is 1.62. The predicted molar refractivity (Wildman–Crippen MR) is 61.8 cm³/mol. The number of hydrogen-bond donors (Lipinski definition) is 0. The number of hydrogen-bond acceptors (Lipinski definition) is 2. The fraction of sp³-hybridized carbons (Fsp3) is 0.100. The highest BCUT2D eigenvalue weighted by molar-refractivity contribution is 7.17. The van der Waals surface area contributed by atoms with E-state index in [-0.39, 0.29) is 0 Å². The number of rotatable bonds is 2. The highest BCUT2D eigenvalue weighted by Gasteiger charge is 2.08. The molecule has 0 aliphatic rings. The van der Waals surface area contributed by atoms with Gasteiger partial charge in [0.05, 0.1) is 5.02 Å². The molecule has 0 bridgehead atoms. The second-order valence-corrected chi connectivity index (χ2v) is 4.47. The molecule has 4 heteroatoms. The van der Waals surface area contributed by atoms with Gasteiger partial charge < -0.3 is 0 Å². The van der Waals surface area contributed by atoms with Crippen LogP contribution in [0.5, 0.6) is 0 Å². The van der Waals surface area contributed by atoms with Gasteiger partial charge in [-0.25, -0.2) is 0 Å². The smallest absolute Gasteiger partial charge is 0.150 e. The van der Waals surface area contributed by atoms with Crippen molar-refractivity contribution in [2.24, 2.45) is 0 Å². The minimum absolute atomic E-state index is 0.445. The molecule has 1 aromatic heterocycles. The number of fused-ring (bicyclic) bond motifs is 1. The van der Waals surface area contributed by atoms with Crippen LogP contribution in [0.2, 0.25) is 5.02 Å². The minimum Gasteiger partial charge on any atom is -0.298 e. The highest BCUT2D eigenvalue weighted by atomic mass is 35.5. The Kier molecular flexibility index (Phi) is 2.77.